The number of pyridine rings is 1. The van der Waals surface area contributed by atoms with Crippen molar-refractivity contribution in [2.75, 3.05) is 13.1 Å². The van der Waals surface area contributed by atoms with Crippen molar-refractivity contribution in [2.45, 2.75) is 19.9 Å². The van der Waals surface area contributed by atoms with Crippen molar-refractivity contribution < 1.29 is 4.90 Å². The second-order valence-electron chi connectivity index (χ2n) is 6.67. The summed E-state index contributed by atoms with van der Waals surface area (Å²) in [6.07, 6.45) is 3.39. The van der Waals surface area contributed by atoms with Gasteiger partial charge in [-0.25, -0.2) is 4.98 Å². The predicted molar refractivity (Wildman–Crippen MR) is 99.6 cm³/mol. The Balaban J connectivity index is 1.53. The molecule has 1 aliphatic heterocycles. The lowest BCUT2D eigenvalue weighted by Crippen LogP contribution is -3.11. The van der Waals surface area contributed by atoms with E-state index in [2.05, 4.69) is 41.4 Å². The Kier molecular flexibility index (Phi) is 4.20. The van der Waals surface area contributed by atoms with Crippen LogP contribution in [0, 0.1) is 6.92 Å². The van der Waals surface area contributed by atoms with Crippen LogP contribution >= 0.6 is 0 Å². The number of hydrogen-bond acceptors (Lipinski definition) is 2. The van der Waals surface area contributed by atoms with Gasteiger partial charge in [-0.2, -0.15) is 0 Å². The predicted octanol–water partition coefficient (Wildman–Crippen LogP) is 1.88. The fraction of sp³-hybridized carbons (Fsp3) is 0.238. The summed E-state index contributed by atoms with van der Waals surface area (Å²) in [5, 5.41) is 0. The van der Waals surface area contributed by atoms with Crippen LogP contribution in [-0.2, 0) is 6.54 Å². The number of rotatable bonds is 3. The maximum Gasteiger partial charge on any atom is 0.258 e. The van der Waals surface area contributed by atoms with Gasteiger partial charge in [-0.1, -0.05) is 36.4 Å². The maximum atomic E-state index is 12.4. The van der Waals surface area contributed by atoms with Crippen LogP contribution in [-0.4, -0.2) is 22.5 Å². The van der Waals surface area contributed by atoms with Gasteiger partial charge >= 0.3 is 0 Å². The molecular formula is C21H22N3O+. The van der Waals surface area contributed by atoms with E-state index < -0.39 is 0 Å². The van der Waals surface area contributed by atoms with Crippen LogP contribution in [0.5, 0.6) is 0 Å². The molecule has 2 aromatic heterocycles. The van der Waals surface area contributed by atoms with Crippen molar-refractivity contribution >= 4 is 11.2 Å². The zero-order chi connectivity index (χ0) is 17.2. The van der Waals surface area contributed by atoms with Crippen LogP contribution in [0.4, 0.5) is 0 Å². The molecule has 4 heteroatoms. The molecule has 3 heterocycles. The Morgan fingerprint density at radius 1 is 1.12 bits per heavy atom. The largest absolute Gasteiger partial charge is 0.326 e. The third-order valence-corrected chi connectivity index (χ3v) is 4.89. The quantitative estimate of drug-likeness (QED) is 0.795. The van der Waals surface area contributed by atoms with Gasteiger partial charge in [0.25, 0.3) is 5.56 Å². The van der Waals surface area contributed by atoms with Crippen LogP contribution in [0.15, 0.2) is 65.5 Å². The number of quaternary nitrogens is 1. The van der Waals surface area contributed by atoms with Gasteiger partial charge in [0.1, 0.15) is 17.9 Å². The maximum absolute atomic E-state index is 12.4. The Hall–Kier alpha value is -2.72. The summed E-state index contributed by atoms with van der Waals surface area (Å²) in [7, 11) is 0. The molecule has 1 unspecified atom stereocenters. The van der Waals surface area contributed by atoms with Gasteiger partial charge in [0, 0.05) is 18.2 Å². The first-order chi connectivity index (χ1) is 12.2. The lowest BCUT2D eigenvalue weighted by molar-refractivity contribution is -0.909. The molecule has 4 rings (SSSR count). The van der Waals surface area contributed by atoms with Crippen molar-refractivity contribution in [3.8, 4) is 0 Å². The van der Waals surface area contributed by atoms with Gasteiger partial charge in [-0.05, 0) is 36.3 Å². The van der Waals surface area contributed by atoms with Crippen molar-refractivity contribution in [1.82, 2.24) is 9.38 Å². The topological polar surface area (TPSA) is 38.8 Å². The Bertz CT molecular complexity index is 989. The highest BCUT2D eigenvalue weighted by Crippen LogP contribution is 2.17. The van der Waals surface area contributed by atoms with Gasteiger partial charge in [-0.3, -0.25) is 9.20 Å². The van der Waals surface area contributed by atoms with E-state index in [-0.39, 0.29) is 5.56 Å². The van der Waals surface area contributed by atoms with E-state index >= 15 is 0 Å². The van der Waals surface area contributed by atoms with E-state index in [1.54, 1.807) is 10.5 Å². The molecule has 0 spiro atoms. The molecule has 4 nitrogen and oxygen atoms in total. The highest BCUT2D eigenvalue weighted by molar-refractivity contribution is 5.65. The molecule has 1 N–H and O–H groups in total. The smallest absolute Gasteiger partial charge is 0.258 e. The number of hydrogen-bond donors (Lipinski definition) is 1. The SMILES string of the molecule is Cc1cccc2nc(C[NH+]3CC=C(c4ccccc4)CC3)cc(=O)n12. The zero-order valence-corrected chi connectivity index (χ0v) is 14.4. The van der Waals surface area contributed by atoms with Crippen molar-refractivity contribution in [1.29, 1.82) is 0 Å². The molecule has 126 valence electrons. The Labute approximate surface area is 147 Å². The summed E-state index contributed by atoms with van der Waals surface area (Å²) in [6, 6.07) is 18.0. The number of fused-ring (bicyclic) bond motifs is 1. The van der Waals surface area contributed by atoms with Gasteiger partial charge in [0.2, 0.25) is 0 Å². The molecule has 1 atom stereocenters. The fourth-order valence-electron chi connectivity index (χ4n) is 3.57. The first kappa shape index (κ1) is 15.8. The second-order valence-corrected chi connectivity index (χ2v) is 6.67. The highest BCUT2D eigenvalue weighted by atomic mass is 16.1. The van der Waals surface area contributed by atoms with E-state index in [9.17, 15) is 4.79 Å². The number of aryl methyl sites for hydroxylation is 1. The molecular weight excluding hydrogens is 310 g/mol. The summed E-state index contributed by atoms with van der Waals surface area (Å²) >= 11 is 0. The Morgan fingerprint density at radius 2 is 1.96 bits per heavy atom. The molecule has 0 fully saturated rings. The summed E-state index contributed by atoms with van der Waals surface area (Å²) < 4.78 is 1.67. The number of aromatic nitrogens is 2. The minimum atomic E-state index is 0.00928. The fourth-order valence-corrected chi connectivity index (χ4v) is 3.57. The highest BCUT2D eigenvalue weighted by Gasteiger charge is 2.17. The molecule has 3 aromatic rings. The summed E-state index contributed by atoms with van der Waals surface area (Å²) in [5.41, 5.74) is 5.28. The van der Waals surface area contributed by atoms with E-state index in [0.29, 0.717) is 0 Å². The number of nitrogens with zero attached hydrogens (tertiary/aromatic N) is 2. The molecule has 1 aliphatic rings. The minimum absolute atomic E-state index is 0.00928. The van der Waals surface area contributed by atoms with Crippen molar-refractivity contribution in [3.63, 3.8) is 0 Å². The normalized spacial score (nSPS) is 17.5. The lowest BCUT2D eigenvalue weighted by atomic mass is 9.99. The first-order valence-electron chi connectivity index (χ1n) is 8.77. The molecule has 0 amide bonds. The van der Waals surface area contributed by atoms with Crippen molar-refractivity contribution in [2.24, 2.45) is 0 Å². The molecule has 0 saturated carbocycles. The second kappa shape index (κ2) is 6.65. The Morgan fingerprint density at radius 3 is 2.72 bits per heavy atom. The van der Waals surface area contributed by atoms with E-state index in [1.807, 2.05) is 25.1 Å². The van der Waals surface area contributed by atoms with Crippen molar-refractivity contribution in [3.05, 3.63) is 88.0 Å². The molecule has 0 aliphatic carbocycles. The van der Waals surface area contributed by atoms with Crippen LogP contribution in [0.2, 0.25) is 0 Å². The first-order valence-corrected chi connectivity index (χ1v) is 8.77. The van der Waals surface area contributed by atoms with Crippen LogP contribution in [0.25, 0.3) is 11.2 Å². The molecule has 0 saturated heterocycles. The average molecular weight is 332 g/mol. The van der Waals surface area contributed by atoms with Crippen LogP contribution in [0.3, 0.4) is 0 Å². The number of nitrogens with one attached hydrogen (secondary N) is 1. The minimum Gasteiger partial charge on any atom is -0.326 e. The summed E-state index contributed by atoms with van der Waals surface area (Å²) in [4.78, 5) is 18.5. The summed E-state index contributed by atoms with van der Waals surface area (Å²) in [6.45, 7) is 4.76. The van der Waals surface area contributed by atoms with E-state index in [4.69, 9.17) is 0 Å². The van der Waals surface area contributed by atoms with Gasteiger partial charge in [-0.15, -0.1) is 0 Å². The lowest BCUT2D eigenvalue weighted by Gasteiger charge is -2.23. The summed E-state index contributed by atoms with van der Waals surface area (Å²) in [5.74, 6) is 0. The zero-order valence-electron chi connectivity index (χ0n) is 14.4. The van der Waals surface area contributed by atoms with Gasteiger partial charge in [0.05, 0.1) is 13.1 Å². The third kappa shape index (κ3) is 3.26. The standard InChI is InChI=1S/C21H21N3O/c1-16-6-5-9-20-22-19(14-21(25)24(16)20)15-23-12-10-18(11-13-23)17-7-3-2-4-8-17/h2-10,14H,11-13,15H2,1H3/p+1. The molecule has 1 aromatic carbocycles. The van der Waals surface area contributed by atoms with Gasteiger partial charge in [0.15, 0.2) is 0 Å². The monoisotopic (exact) mass is 332 g/mol. The number of benzene rings is 1. The van der Waals surface area contributed by atoms with E-state index in [1.165, 1.54) is 16.0 Å². The van der Waals surface area contributed by atoms with Crippen LogP contribution in [0.1, 0.15) is 23.4 Å². The van der Waals surface area contributed by atoms with Gasteiger partial charge < -0.3 is 4.90 Å². The molecule has 25 heavy (non-hydrogen) atoms. The average Bonchev–Trinajstić information content (AvgIpc) is 2.63. The molecule has 0 radical (unpaired) electrons. The molecule has 0 bridgehead atoms. The third-order valence-electron chi connectivity index (χ3n) is 4.89. The van der Waals surface area contributed by atoms with Crippen LogP contribution < -0.4 is 10.5 Å². The van der Waals surface area contributed by atoms with E-state index in [0.717, 1.165) is 43.1 Å².